The lowest BCUT2D eigenvalue weighted by Gasteiger charge is -2.47. The van der Waals surface area contributed by atoms with Gasteiger partial charge in [-0.2, -0.15) is 0 Å². The van der Waals surface area contributed by atoms with Gasteiger partial charge in [0.1, 0.15) is 36.4 Å². The molecule has 0 saturated carbocycles. The van der Waals surface area contributed by atoms with Gasteiger partial charge in [0.25, 0.3) is 11.6 Å². The molecule has 23 heteroatoms. The van der Waals surface area contributed by atoms with E-state index < -0.39 is 140 Å². The van der Waals surface area contributed by atoms with E-state index in [1.807, 2.05) is 0 Å². The van der Waals surface area contributed by atoms with Crippen molar-refractivity contribution in [2.45, 2.75) is 151 Å². The van der Waals surface area contributed by atoms with Gasteiger partial charge in [-0.3, -0.25) is 14.4 Å². The SMILES string of the molecule is CCCCCCCCO[C@]1(C(=O)OC)C[C@@H]2OC(=O)N[C@H]2[C@H]([C@H](OC(C)=O)[C@H](O)CO[C@]2(C(=O)OC)C[C@@H]3OC(=O)N[C@H]3[C@H]([C@H](OC(C)=O)[C@@H](COCc3ccccc3)OC(=O)CCl)O2)O1. The van der Waals surface area contributed by atoms with E-state index in [1.165, 1.54) is 0 Å². The number of aliphatic hydroxyl groups is 1. The Kier molecular flexibility index (Phi) is 19.2. The molecule has 4 fully saturated rings. The van der Waals surface area contributed by atoms with Gasteiger partial charge in [0.15, 0.2) is 18.3 Å². The number of fused-ring (bicyclic) bond motifs is 2. The molecule has 2 amide bonds. The van der Waals surface area contributed by atoms with Gasteiger partial charge in [0.05, 0.1) is 65.6 Å². The van der Waals surface area contributed by atoms with E-state index in [9.17, 15) is 38.7 Å². The molecule has 0 spiro atoms. The van der Waals surface area contributed by atoms with Gasteiger partial charge in [0.2, 0.25) is 0 Å². The maximum atomic E-state index is 13.9. The molecule has 3 N–H and O–H groups in total. The number of esters is 5. The van der Waals surface area contributed by atoms with Crippen molar-refractivity contribution < 1.29 is 95.5 Å². The monoisotopic (exact) mass is 958 g/mol. The zero-order chi connectivity index (χ0) is 48.0. The quantitative estimate of drug-likeness (QED) is 0.0549. The molecule has 0 aromatic heterocycles. The molecule has 368 valence electrons. The predicted octanol–water partition coefficient (Wildman–Crippen LogP) is 2.24. The van der Waals surface area contributed by atoms with Crippen LogP contribution in [0.5, 0.6) is 0 Å². The third kappa shape index (κ3) is 13.2. The molecule has 66 heavy (non-hydrogen) atoms. The Morgan fingerprint density at radius 3 is 1.83 bits per heavy atom. The highest BCUT2D eigenvalue weighted by Crippen LogP contribution is 2.41. The molecule has 4 aliphatic heterocycles. The van der Waals surface area contributed by atoms with E-state index in [0.717, 1.165) is 65.7 Å². The summed E-state index contributed by atoms with van der Waals surface area (Å²) in [6.45, 7) is 2.86. The number of carbonyl (C=O) groups is 7. The molecule has 0 radical (unpaired) electrons. The second-order valence-corrected chi connectivity index (χ2v) is 16.4. The third-order valence-corrected chi connectivity index (χ3v) is 11.5. The van der Waals surface area contributed by atoms with Gasteiger partial charge in [-0.25, -0.2) is 19.2 Å². The number of halogens is 1. The summed E-state index contributed by atoms with van der Waals surface area (Å²) in [5, 5.41) is 17.1. The summed E-state index contributed by atoms with van der Waals surface area (Å²) in [7, 11) is 2.10. The van der Waals surface area contributed by atoms with E-state index in [4.69, 9.17) is 68.4 Å². The van der Waals surface area contributed by atoms with E-state index >= 15 is 0 Å². The van der Waals surface area contributed by atoms with Crippen LogP contribution in [0.4, 0.5) is 9.59 Å². The molecule has 4 heterocycles. The lowest BCUT2D eigenvalue weighted by molar-refractivity contribution is -0.322. The Morgan fingerprint density at radius 2 is 1.29 bits per heavy atom. The minimum atomic E-state index is -2.60. The lowest BCUT2D eigenvalue weighted by atomic mass is 9.88. The van der Waals surface area contributed by atoms with Crippen molar-refractivity contribution in [2.75, 3.05) is 39.9 Å². The van der Waals surface area contributed by atoms with Crippen molar-refractivity contribution in [3.05, 3.63) is 35.9 Å². The average molecular weight is 959 g/mol. The standard InChI is InChI=1S/C43H59ClN2O20/c1-6-7-8-9-10-14-17-58-42(38(51)55-4)18-28-32(45-40(53)63-28)36(65-42)34(60-24(2)47)27(49)22-59-43(39(52)56-5)19-29-33(46-41(54)64-29)37(66-43)35(61-25(3)48)30(62-31(50)20-44)23-57-21-26-15-12-11-13-16-26/h11-13,15-16,27-30,32-37,49H,6-10,14,17-23H2,1-5H3,(H,45,53)(H,46,54)/t27-,28+,29+,30-,32-,33-,34-,35-,36-,37-,42-,43-/m1/s1. The van der Waals surface area contributed by atoms with Crippen molar-refractivity contribution in [1.29, 1.82) is 0 Å². The summed E-state index contributed by atoms with van der Waals surface area (Å²) >= 11 is 5.81. The number of rotatable bonds is 25. The van der Waals surface area contributed by atoms with Gasteiger partial charge >= 0.3 is 42.0 Å². The zero-order valence-corrected chi connectivity index (χ0v) is 38.2. The number of aliphatic hydroxyl groups excluding tert-OH is 1. The molecular formula is C43H59ClN2O20. The van der Waals surface area contributed by atoms with Crippen molar-refractivity contribution >= 4 is 53.6 Å². The Hall–Kier alpha value is -4.84. The first-order valence-corrected chi connectivity index (χ1v) is 22.3. The van der Waals surface area contributed by atoms with Crippen molar-refractivity contribution in [1.82, 2.24) is 10.6 Å². The summed E-state index contributed by atoms with van der Waals surface area (Å²) in [6, 6.07) is 6.61. The first-order valence-electron chi connectivity index (χ1n) is 21.7. The Balaban J connectivity index is 1.45. The van der Waals surface area contributed by atoms with E-state index in [-0.39, 0.29) is 19.6 Å². The number of amides is 2. The van der Waals surface area contributed by atoms with Crippen LogP contribution in [0.15, 0.2) is 30.3 Å². The number of alkyl carbamates (subject to hydrolysis) is 2. The van der Waals surface area contributed by atoms with Gasteiger partial charge in [-0.05, 0) is 12.0 Å². The summed E-state index contributed by atoms with van der Waals surface area (Å²) in [5.41, 5.74) is 0.742. The molecule has 12 atom stereocenters. The third-order valence-electron chi connectivity index (χ3n) is 11.3. The fourth-order valence-corrected chi connectivity index (χ4v) is 8.37. The Labute approximate surface area is 386 Å². The van der Waals surface area contributed by atoms with Crippen LogP contribution < -0.4 is 10.6 Å². The van der Waals surface area contributed by atoms with Crippen LogP contribution in [0, 0.1) is 0 Å². The smallest absolute Gasteiger partial charge is 0.407 e. The van der Waals surface area contributed by atoms with Gasteiger partial charge in [0, 0.05) is 13.8 Å². The Bertz CT molecular complexity index is 1840. The second kappa shape index (κ2) is 24.3. The number of unbranched alkanes of at least 4 members (excludes halogenated alkanes) is 5. The minimum Gasteiger partial charge on any atom is -0.465 e. The number of carbonyl (C=O) groups excluding carboxylic acids is 7. The number of hydrogen-bond acceptors (Lipinski definition) is 20. The van der Waals surface area contributed by atoms with Gasteiger partial charge in [-0.15, -0.1) is 11.6 Å². The first kappa shape index (κ1) is 52.1. The summed E-state index contributed by atoms with van der Waals surface area (Å²) in [4.78, 5) is 91.1. The van der Waals surface area contributed by atoms with Gasteiger partial charge in [-0.1, -0.05) is 69.4 Å². The second-order valence-electron chi connectivity index (χ2n) is 16.1. The number of benzene rings is 1. The molecule has 5 rings (SSSR count). The molecule has 4 aliphatic rings. The number of ether oxygens (including phenoxy) is 12. The fourth-order valence-electron chi connectivity index (χ4n) is 8.31. The number of hydrogen-bond donors (Lipinski definition) is 3. The molecule has 4 saturated heterocycles. The van der Waals surface area contributed by atoms with Crippen molar-refractivity contribution in [2.24, 2.45) is 0 Å². The van der Waals surface area contributed by atoms with Crippen LogP contribution in [-0.4, -0.2) is 160 Å². The molecule has 0 bridgehead atoms. The van der Waals surface area contributed by atoms with Crippen LogP contribution >= 0.6 is 11.6 Å². The minimum absolute atomic E-state index is 0.0185. The van der Waals surface area contributed by atoms with Crippen LogP contribution in [0.2, 0.25) is 0 Å². The van der Waals surface area contributed by atoms with Crippen molar-refractivity contribution in [3.63, 3.8) is 0 Å². The summed E-state index contributed by atoms with van der Waals surface area (Å²) in [6.07, 6.45) is -9.92. The molecule has 0 unspecified atom stereocenters. The van der Waals surface area contributed by atoms with Crippen LogP contribution in [0.3, 0.4) is 0 Å². The lowest BCUT2D eigenvalue weighted by Crippen LogP contribution is -2.67. The molecule has 0 aliphatic carbocycles. The molecule has 22 nitrogen and oxygen atoms in total. The summed E-state index contributed by atoms with van der Waals surface area (Å²) < 4.78 is 68.8. The average Bonchev–Trinajstić information content (AvgIpc) is 3.87. The van der Waals surface area contributed by atoms with Crippen LogP contribution in [-0.2, 0) is 87.4 Å². The zero-order valence-electron chi connectivity index (χ0n) is 37.4. The Morgan fingerprint density at radius 1 is 0.758 bits per heavy atom. The molecule has 1 aromatic carbocycles. The largest absolute Gasteiger partial charge is 0.465 e. The highest BCUT2D eigenvalue weighted by atomic mass is 35.5. The number of methoxy groups -OCH3 is 2. The van der Waals surface area contributed by atoms with E-state index in [0.29, 0.717) is 6.42 Å². The number of alkyl halides is 1. The molecule has 1 aromatic rings. The fraction of sp³-hybridized carbons (Fsp3) is 0.698. The maximum absolute atomic E-state index is 13.9. The highest BCUT2D eigenvalue weighted by molar-refractivity contribution is 6.26. The van der Waals surface area contributed by atoms with E-state index in [1.54, 1.807) is 30.3 Å². The number of nitrogens with one attached hydrogen (secondary N) is 2. The van der Waals surface area contributed by atoms with Crippen LogP contribution in [0.25, 0.3) is 0 Å². The summed E-state index contributed by atoms with van der Waals surface area (Å²) in [5.74, 6) is -10.4. The van der Waals surface area contributed by atoms with Crippen LogP contribution in [0.1, 0.15) is 77.7 Å². The van der Waals surface area contributed by atoms with E-state index in [2.05, 4.69) is 17.6 Å². The maximum Gasteiger partial charge on any atom is 0.407 e. The highest BCUT2D eigenvalue weighted by Gasteiger charge is 2.63. The molecular weight excluding hydrogens is 900 g/mol. The predicted molar refractivity (Wildman–Crippen MR) is 222 cm³/mol. The van der Waals surface area contributed by atoms with Crippen molar-refractivity contribution in [3.8, 4) is 0 Å². The topological polar surface area (TPSA) is 275 Å². The first-order chi connectivity index (χ1) is 31.6. The normalized spacial score (nSPS) is 28.3. The van der Waals surface area contributed by atoms with Gasteiger partial charge < -0.3 is 72.6 Å².